The van der Waals surface area contributed by atoms with Crippen molar-refractivity contribution >= 4 is 11.9 Å². The zero-order valence-corrected chi connectivity index (χ0v) is 16.3. The molecule has 0 aliphatic heterocycles. The summed E-state index contributed by atoms with van der Waals surface area (Å²) in [6.45, 7) is 1.88. The van der Waals surface area contributed by atoms with E-state index in [0.29, 0.717) is 24.5 Å². The zero-order valence-electron chi connectivity index (χ0n) is 16.3. The number of carbonyl (C=O) groups excluding carboxylic acids is 1. The molecule has 3 aromatic rings. The third-order valence-electron chi connectivity index (χ3n) is 4.63. The predicted molar refractivity (Wildman–Crippen MR) is 109 cm³/mol. The Balaban J connectivity index is 1.61. The molecule has 29 heavy (non-hydrogen) atoms. The zero-order chi connectivity index (χ0) is 20.6. The lowest BCUT2D eigenvalue weighted by Crippen LogP contribution is -2.29. The van der Waals surface area contributed by atoms with Crippen molar-refractivity contribution in [1.29, 1.82) is 0 Å². The predicted octanol–water partition coefficient (Wildman–Crippen LogP) is 4.30. The largest absolute Gasteiger partial charge is 0.481 e. The highest BCUT2D eigenvalue weighted by atomic mass is 16.4. The highest BCUT2D eigenvalue weighted by Crippen LogP contribution is 2.25. The van der Waals surface area contributed by atoms with Crippen LogP contribution in [0.15, 0.2) is 65.1 Å². The lowest BCUT2D eigenvalue weighted by Gasteiger charge is -2.18. The van der Waals surface area contributed by atoms with E-state index >= 15 is 0 Å². The fourth-order valence-electron chi connectivity index (χ4n) is 3.18. The van der Waals surface area contributed by atoms with Crippen molar-refractivity contribution in [2.75, 3.05) is 0 Å². The molecule has 1 atom stereocenters. The van der Waals surface area contributed by atoms with Crippen LogP contribution in [0.3, 0.4) is 0 Å². The summed E-state index contributed by atoms with van der Waals surface area (Å²) in [5.41, 5.74) is 2.63. The molecule has 1 unspecified atom stereocenters. The number of nitrogens with one attached hydrogen (secondary N) is 1. The second-order valence-electron chi connectivity index (χ2n) is 6.85. The molecular formula is C23H24N2O4. The van der Waals surface area contributed by atoms with Gasteiger partial charge in [-0.2, -0.15) is 0 Å². The highest BCUT2D eigenvalue weighted by Gasteiger charge is 2.17. The van der Waals surface area contributed by atoms with Crippen LogP contribution in [0.25, 0.3) is 11.3 Å². The third kappa shape index (κ3) is 5.78. The average Bonchev–Trinajstić information content (AvgIpc) is 3.11. The fraction of sp³-hybridized carbons (Fsp3) is 0.261. The van der Waals surface area contributed by atoms with Crippen LogP contribution < -0.4 is 5.32 Å². The molecule has 150 valence electrons. The van der Waals surface area contributed by atoms with E-state index in [2.05, 4.69) is 10.3 Å². The summed E-state index contributed by atoms with van der Waals surface area (Å²) in [6.07, 6.45) is 0.908. The second-order valence-corrected chi connectivity index (χ2v) is 6.85. The normalized spacial score (nSPS) is 11.8. The van der Waals surface area contributed by atoms with Gasteiger partial charge >= 0.3 is 5.97 Å². The molecule has 0 aliphatic carbocycles. The van der Waals surface area contributed by atoms with Gasteiger partial charge < -0.3 is 14.8 Å². The molecule has 2 N–H and O–H groups in total. The molecule has 6 heteroatoms. The number of rotatable bonds is 9. The summed E-state index contributed by atoms with van der Waals surface area (Å²) in [7, 11) is 0. The Bertz CT molecular complexity index is 952. The molecule has 0 spiro atoms. The van der Waals surface area contributed by atoms with Crippen molar-refractivity contribution in [2.24, 2.45) is 0 Å². The summed E-state index contributed by atoms with van der Waals surface area (Å²) in [6, 6.07) is 18.8. The van der Waals surface area contributed by atoms with Crippen LogP contribution in [-0.2, 0) is 16.0 Å². The first-order valence-corrected chi connectivity index (χ1v) is 9.60. The minimum Gasteiger partial charge on any atom is -0.481 e. The molecule has 3 rings (SSSR count). The van der Waals surface area contributed by atoms with Gasteiger partial charge in [0.25, 0.3) is 0 Å². The Morgan fingerprint density at radius 3 is 2.34 bits per heavy atom. The quantitative estimate of drug-likeness (QED) is 0.566. The number of carboxylic acid groups (broad SMARTS) is 1. The van der Waals surface area contributed by atoms with Gasteiger partial charge in [0.15, 0.2) is 11.7 Å². The number of aliphatic carboxylic acids is 1. The maximum Gasteiger partial charge on any atom is 0.303 e. The van der Waals surface area contributed by atoms with Crippen LogP contribution in [-0.4, -0.2) is 22.0 Å². The van der Waals surface area contributed by atoms with Gasteiger partial charge in [-0.3, -0.25) is 9.59 Å². The van der Waals surface area contributed by atoms with Crippen molar-refractivity contribution in [3.05, 3.63) is 77.8 Å². The first kappa shape index (κ1) is 20.3. The Labute approximate surface area is 169 Å². The number of aromatic nitrogens is 1. The smallest absolute Gasteiger partial charge is 0.303 e. The van der Waals surface area contributed by atoms with Gasteiger partial charge in [-0.05, 0) is 18.9 Å². The van der Waals surface area contributed by atoms with Crippen LogP contribution in [0.5, 0.6) is 0 Å². The maximum absolute atomic E-state index is 12.5. The lowest BCUT2D eigenvalue weighted by atomic mass is 10.0. The summed E-state index contributed by atoms with van der Waals surface area (Å²) < 4.78 is 5.85. The molecule has 1 aromatic heterocycles. The number of carboxylic acids is 1. The van der Waals surface area contributed by atoms with Gasteiger partial charge in [0.1, 0.15) is 0 Å². The van der Waals surface area contributed by atoms with E-state index in [0.717, 1.165) is 16.8 Å². The number of carbonyl (C=O) groups is 2. The molecule has 1 amide bonds. The maximum atomic E-state index is 12.5. The molecule has 2 aromatic carbocycles. The van der Waals surface area contributed by atoms with Crippen molar-refractivity contribution in [1.82, 2.24) is 10.3 Å². The molecule has 0 saturated carbocycles. The van der Waals surface area contributed by atoms with Gasteiger partial charge in [0.2, 0.25) is 5.91 Å². The number of oxazole rings is 1. The average molecular weight is 392 g/mol. The summed E-state index contributed by atoms with van der Waals surface area (Å²) in [4.78, 5) is 27.9. The second kappa shape index (κ2) is 9.68. The number of benzene rings is 2. The number of hydrogen-bond acceptors (Lipinski definition) is 4. The first-order valence-electron chi connectivity index (χ1n) is 9.60. The Morgan fingerprint density at radius 1 is 1.03 bits per heavy atom. The fourth-order valence-corrected chi connectivity index (χ4v) is 3.18. The standard InChI is InChI=1S/C23H24N2O4/c1-16-23(18-10-6-3-7-11-18)29-21(24-16)14-13-20(26)25-19(12-15-22(27)28)17-8-4-2-5-9-17/h2-11,19H,12-15H2,1H3,(H,25,26)(H,27,28). The monoisotopic (exact) mass is 392 g/mol. The molecular weight excluding hydrogens is 368 g/mol. The van der Waals surface area contributed by atoms with Crippen molar-refractivity contribution in [3.63, 3.8) is 0 Å². The highest BCUT2D eigenvalue weighted by molar-refractivity contribution is 5.76. The van der Waals surface area contributed by atoms with Gasteiger partial charge in [0, 0.05) is 24.8 Å². The van der Waals surface area contributed by atoms with Crippen LogP contribution in [0.2, 0.25) is 0 Å². The van der Waals surface area contributed by atoms with E-state index < -0.39 is 5.97 Å². The number of amides is 1. The van der Waals surface area contributed by atoms with Crippen molar-refractivity contribution in [2.45, 2.75) is 38.6 Å². The molecule has 1 heterocycles. The van der Waals surface area contributed by atoms with Crippen molar-refractivity contribution < 1.29 is 19.1 Å². The SMILES string of the molecule is Cc1nc(CCC(=O)NC(CCC(=O)O)c2ccccc2)oc1-c1ccccc1. The minimum atomic E-state index is -0.885. The topological polar surface area (TPSA) is 92.4 Å². The molecule has 0 bridgehead atoms. The van der Waals surface area contributed by atoms with Crippen molar-refractivity contribution in [3.8, 4) is 11.3 Å². The number of aryl methyl sites for hydroxylation is 2. The molecule has 0 saturated heterocycles. The number of nitrogens with zero attached hydrogens (tertiary/aromatic N) is 1. The van der Waals surface area contributed by atoms with E-state index in [1.807, 2.05) is 67.6 Å². The van der Waals surface area contributed by atoms with Gasteiger partial charge in [-0.15, -0.1) is 0 Å². The van der Waals surface area contributed by atoms with E-state index in [9.17, 15) is 9.59 Å². The van der Waals surface area contributed by atoms with Crippen LogP contribution in [0.1, 0.15) is 42.5 Å². The van der Waals surface area contributed by atoms with E-state index in [-0.39, 0.29) is 24.8 Å². The Morgan fingerprint density at radius 2 is 1.69 bits per heavy atom. The van der Waals surface area contributed by atoms with Gasteiger partial charge in [0.05, 0.1) is 11.7 Å². The van der Waals surface area contributed by atoms with E-state index in [1.54, 1.807) is 0 Å². The first-order chi connectivity index (χ1) is 14.0. The molecule has 0 radical (unpaired) electrons. The van der Waals surface area contributed by atoms with E-state index in [4.69, 9.17) is 9.52 Å². The number of hydrogen-bond donors (Lipinski definition) is 2. The van der Waals surface area contributed by atoms with Crippen LogP contribution in [0, 0.1) is 6.92 Å². The van der Waals surface area contributed by atoms with Gasteiger partial charge in [-0.1, -0.05) is 60.7 Å². The minimum absolute atomic E-state index is 0.0147. The third-order valence-corrected chi connectivity index (χ3v) is 4.63. The summed E-state index contributed by atoms with van der Waals surface area (Å²) in [5.74, 6) is 0.174. The lowest BCUT2D eigenvalue weighted by molar-refractivity contribution is -0.137. The molecule has 0 fully saturated rings. The molecule has 6 nitrogen and oxygen atoms in total. The van der Waals surface area contributed by atoms with Gasteiger partial charge in [-0.25, -0.2) is 4.98 Å². The molecule has 0 aliphatic rings. The van der Waals surface area contributed by atoms with E-state index in [1.165, 1.54) is 0 Å². The Hall–Kier alpha value is -3.41. The summed E-state index contributed by atoms with van der Waals surface area (Å²) >= 11 is 0. The van der Waals surface area contributed by atoms with Crippen LogP contribution in [0.4, 0.5) is 0 Å². The summed E-state index contributed by atoms with van der Waals surface area (Å²) in [5, 5.41) is 11.9. The Kier molecular flexibility index (Phi) is 6.79. The van der Waals surface area contributed by atoms with Crippen LogP contribution >= 0.6 is 0 Å².